The second-order valence-electron chi connectivity index (χ2n) is 8.73. The fraction of sp³-hybridized carbons (Fsp3) is 0.370. The molecule has 0 saturated carbocycles. The lowest BCUT2D eigenvalue weighted by Gasteiger charge is -2.18. The zero-order chi connectivity index (χ0) is 26.2. The molecular formula is C27H36ClN5O4. The minimum absolute atomic E-state index is 0. The first-order valence-electron chi connectivity index (χ1n) is 12.1. The molecule has 2 amide bonds. The number of ether oxygens (including phenoxy) is 1. The van der Waals surface area contributed by atoms with Gasteiger partial charge >= 0.3 is 5.97 Å². The molecule has 0 radical (unpaired) electrons. The first kappa shape index (κ1) is 29.8. The first-order valence-corrected chi connectivity index (χ1v) is 12.1. The van der Waals surface area contributed by atoms with E-state index in [0.717, 1.165) is 27.6 Å². The molecule has 200 valence electrons. The number of hydrogen-bond acceptors (Lipinski definition) is 6. The number of benzene rings is 2. The van der Waals surface area contributed by atoms with E-state index in [2.05, 4.69) is 16.1 Å². The van der Waals surface area contributed by atoms with Gasteiger partial charge in [0.2, 0.25) is 5.91 Å². The van der Waals surface area contributed by atoms with Crippen molar-refractivity contribution in [2.24, 2.45) is 5.84 Å². The Hall–Kier alpha value is -3.40. The molecule has 1 unspecified atom stereocenters. The van der Waals surface area contributed by atoms with Crippen LogP contribution in [0, 0.1) is 6.92 Å². The van der Waals surface area contributed by atoms with Crippen LogP contribution in [0.25, 0.3) is 10.9 Å². The molecule has 3 rings (SSSR count). The van der Waals surface area contributed by atoms with Crippen LogP contribution in [-0.4, -0.2) is 36.0 Å². The molecule has 0 fully saturated rings. The zero-order valence-corrected chi connectivity index (χ0v) is 22.5. The number of nitrogens with one attached hydrogen (secondary N) is 3. The van der Waals surface area contributed by atoms with E-state index in [4.69, 9.17) is 10.6 Å². The molecular weight excluding hydrogens is 494 g/mol. The van der Waals surface area contributed by atoms with Crippen molar-refractivity contribution >= 4 is 46.8 Å². The van der Waals surface area contributed by atoms with Crippen molar-refractivity contribution in [3.63, 3.8) is 0 Å². The van der Waals surface area contributed by atoms with Gasteiger partial charge in [-0.15, -0.1) is 12.4 Å². The van der Waals surface area contributed by atoms with Gasteiger partial charge in [-0.25, -0.2) is 0 Å². The number of anilines is 1. The smallest absolute Gasteiger partial charge is 0.305 e. The quantitative estimate of drug-likeness (QED) is 0.170. The number of rotatable bonds is 11. The monoisotopic (exact) mass is 529 g/mol. The average molecular weight is 530 g/mol. The highest BCUT2D eigenvalue weighted by Gasteiger charge is 2.20. The van der Waals surface area contributed by atoms with E-state index < -0.39 is 6.04 Å². The zero-order valence-electron chi connectivity index (χ0n) is 21.7. The summed E-state index contributed by atoms with van der Waals surface area (Å²) in [5.41, 5.74) is 7.53. The lowest BCUT2D eigenvalue weighted by atomic mass is 10.0. The van der Waals surface area contributed by atoms with E-state index in [-0.39, 0.29) is 30.2 Å². The SMILES string of the molecule is CCOC(=O)CCCc1ccc(CNN)cc1NC(=O)C(C)n1cc(C)c2ccc(C(=O)NC)cc21.Cl. The molecule has 0 aliphatic heterocycles. The molecule has 1 aromatic heterocycles. The predicted octanol–water partition coefficient (Wildman–Crippen LogP) is 3.78. The molecule has 0 saturated heterocycles. The van der Waals surface area contributed by atoms with Gasteiger partial charge in [0.05, 0.1) is 6.61 Å². The summed E-state index contributed by atoms with van der Waals surface area (Å²) in [7, 11) is 1.59. The van der Waals surface area contributed by atoms with Crippen LogP contribution in [0.2, 0.25) is 0 Å². The molecule has 9 nitrogen and oxygen atoms in total. The third-order valence-corrected chi connectivity index (χ3v) is 6.19. The molecule has 0 aliphatic carbocycles. The number of esters is 1. The number of fused-ring (bicyclic) bond motifs is 1. The summed E-state index contributed by atoms with van der Waals surface area (Å²) in [4.78, 5) is 37.3. The Morgan fingerprint density at radius 1 is 1.14 bits per heavy atom. The molecule has 5 N–H and O–H groups in total. The number of halogens is 1. The van der Waals surface area contributed by atoms with Crippen LogP contribution in [0.3, 0.4) is 0 Å². The Balaban J connectivity index is 0.00000481. The molecule has 0 spiro atoms. The van der Waals surface area contributed by atoms with Crippen molar-refractivity contribution in [1.82, 2.24) is 15.3 Å². The standard InChI is InChI=1S/C27H35N5O4.ClH/c1-5-36-25(33)8-6-7-20-10-9-19(15-30-28)13-23(20)31-26(34)18(3)32-16-17(2)22-12-11-21(14-24(22)32)27(35)29-4;/h9-14,16,18,30H,5-8,15,28H2,1-4H3,(H,29,35)(H,31,34);1H. The maximum Gasteiger partial charge on any atom is 0.305 e. The van der Waals surface area contributed by atoms with Crippen molar-refractivity contribution in [3.05, 3.63) is 64.8 Å². The van der Waals surface area contributed by atoms with Crippen molar-refractivity contribution in [1.29, 1.82) is 0 Å². The molecule has 0 aliphatic rings. The molecule has 0 bridgehead atoms. The lowest BCUT2D eigenvalue weighted by molar-refractivity contribution is -0.143. The molecule has 10 heteroatoms. The van der Waals surface area contributed by atoms with Crippen LogP contribution in [-0.2, 0) is 27.3 Å². The number of nitrogens with two attached hydrogens (primary N) is 1. The van der Waals surface area contributed by atoms with Crippen LogP contribution in [0.5, 0.6) is 0 Å². The molecule has 3 aromatic rings. The van der Waals surface area contributed by atoms with E-state index in [1.54, 1.807) is 26.1 Å². The minimum atomic E-state index is -0.537. The van der Waals surface area contributed by atoms with E-state index in [9.17, 15) is 14.4 Å². The number of amides is 2. The average Bonchev–Trinajstić information content (AvgIpc) is 3.20. The maximum atomic E-state index is 13.4. The molecule has 2 aromatic carbocycles. The van der Waals surface area contributed by atoms with Gasteiger partial charge in [-0.2, -0.15) is 0 Å². The topological polar surface area (TPSA) is 127 Å². The van der Waals surface area contributed by atoms with E-state index in [0.29, 0.717) is 43.7 Å². The number of aromatic nitrogens is 1. The highest BCUT2D eigenvalue weighted by Crippen LogP contribution is 2.27. The number of carbonyl (C=O) groups excluding carboxylic acids is 3. The number of hydrogen-bond donors (Lipinski definition) is 4. The highest BCUT2D eigenvalue weighted by molar-refractivity contribution is 6.00. The normalized spacial score (nSPS) is 11.5. The third-order valence-electron chi connectivity index (χ3n) is 6.19. The second kappa shape index (κ2) is 13.8. The van der Waals surface area contributed by atoms with Gasteiger partial charge in [-0.3, -0.25) is 25.7 Å². The van der Waals surface area contributed by atoms with Gasteiger partial charge in [0.15, 0.2) is 0 Å². The molecule has 37 heavy (non-hydrogen) atoms. The summed E-state index contributed by atoms with van der Waals surface area (Å²) >= 11 is 0. The maximum absolute atomic E-state index is 13.4. The van der Waals surface area contributed by atoms with Crippen molar-refractivity contribution in [2.75, 3.05) is 19.0 Å². The van der Waals surface area contributed by atoms with Crippen molar-refractivity contribution in [3.8, 4) is 0 Å². The summed E-state index contributed by atoms with van der Waals surface area (Å²) in [5, 5.41) is 6.69. The number of nitrogens with zero attached hydrogens (tertiary/aromatic N) is 1. The van der Waals surface area contributed by atoms with Gasteiger partial charge in [-0.05, 0) is 68.5 Å². The number of hydrazine groups is 1. The van der Waals surface area contributed by atoms with E-state index >= 15 is 0 Å². The van der Waals surface area contributed by atoms with Crippen LogP contribution in [0.1, 0.15) is 59.8 Å². The lowest BCUT2D eigenvalue weighted by Crippen LogP contribution is -2.25. The Morgan fingerprint density at radius 2 is 1.89 bits per heavy atom. The second-order valence-corrected chi connectivity index (χ2v) is 8.73. The number of aryl methyl sites for hydroxylation is 2. The molecule has 1 heterocycles. The summed E-state index contributed by atoms with van der Waals surface area (Å²) in [6, 6.07) is 10.7. The summed E-state index contributed by atoms with van der Waals surface area (Å²) in [5.74, 6) is 4.89. The first-order chi connectivity index (χ1) is 17.3. The Kier molecular flexibility index (Phi) is 11.1. The van der Waals surface area contributed by atoms with Crippen molar-refractivity contribution < 1.29 is 19.1 Å². The van der Waals surface area contributed by atoms with Gasteiger partial charge in [0, 0.05) is 48.4 Å². The van der Waals surface area contributed by atoms with Gasteiger partial charge in [0.1, 0.15) is 6.04 Å². The molecule has 1 atom stereocenters. The summed E-state index contributed by atoms with van der Waals surface area (Å²) in [6.07, 6.45) is 3.46. The minimum Gasteiger partial charge on any atom is -0.466 e. The van der Waals surface area contributed by atoms with Crippen LogP contribution < -0.4 is 21.9 Å². The van der Waals surface area contributed by atoms with Crippen LogP contribution in [0.15, 0.2) is 42.6 Å². The van der Waals surface area contributed by atoms with Gasteiger partial charge < -0.3 is 19.9 Å². The highest BCUT2D eigenvalue weighted by atomic mass is 35.5. The number of carbonyl (C=O) groups is 3. The Labute approximate surface area is 223 Å². The Bertz CT molecular complexity index is 1260. The van der Waals surface area contributed by atoms with Gasteiger partial charge in [0.25, 0.3) is 5.91 Å². The van der Waals surface area contributed by atoms with Gasteiger partial charge in [-0.1, -0.05) is 18.2 Å². The van der Waals surface area contributed by atoms with Crippen molar-refractivity contribution in [2.45, 2.75) is 52.6 Å². The summed E-state index contributed by atoms with van der Waals surface area (Å²) < 4.78 is 6.90. The van der Waals surface area contributed by atoms with Crippen LogP contribution in [0.4, 0.5) is 5.69 Å². The predicted molar refractivity (Wildman–Crippen MR) is 148 cm³/mol. The largest absolute Gasteiger partial charge is 0.466 e. The fourth-order valence-corrected chi connectivity index (χ4v) is 4.24. The van der Waals surface area contributed by atoms with E-state index in [1.165, 1.54) is 0 Å². The Morgan fingerprint density at radius 3 is 2.57 bits per heavy atom. The third kappa shape index (κ3) is 7.31. The summed E-state index contributed by atoms with van der Waals surface area (Å²) in [6.45, 7) is 6.40. The fourth-order valence-electron chi connectivity index (χ4n) is 4.24. The van der Waals surface area contributed by atoms with Crippen LogP contribution >= 0.6 is 12.4 Å². The van der Waals surface area contributed by atoms with E-state index in [1.807, 2.05) is 48.9 Å².